The highest BCUT2D eigenvalue weighted by atomic mass is 19.4. The zero-order valence-electron chi connectivity index (χ0n) is 40.7. The molecule has 71 heavy (non-hydrogen) atoms. The Bertz CT molecular complexity index is 2300. The van der Waals surface area contributed by atoms with Gasteiger partial charge in [-0.1, -0.05) is 6.07 Å². The molecule has 0 radical (unpaired) electrons. The van der Waals surface area contributed by atoms with Gasteiger partial charge in [-0.25, -0.2) is 9.97 Å². The molecule has 3 aliphatic rings. The Morgan fingerprint density at radius 2 is 1.61 bits per heavy atom. The summed E-state index contributed by atoms with van der Waals surface area (Å²) >= 11 is 0. The summed E-state index contributed by atoms with van der Waals surface area (Å²) in [4.78, 5) is 95.0. The van der Waals surface area contributed by atoms with Crippen molar-refractivity contribution in [3.8, 4) is 0 Å². The molecule has 1 aromatic carbocycles. The Balaban J connectivity index is 0.819. The van der Waals surface area contributed by atoms with Crippen LogP contribution in [0.5, 0.6) is 0 Å². The highest BCUT2D eigenvalue weighted by Gasteiger charge is 2.44. The highest BCUT2D eigenvalue weighted by Crippen LogP contribution is 2.37. The Labute approximate surface area is 410 Å². The topological polar surface area (TPSA) is 239 Å². The number of amides is 6. The molecule has 3 fully saturated rings. The first-order valence-corrected chi connectivity index (χ1v) is 24.1. The fraction of sp³-hybridized carbons (Fsp3) is 0.604. The number of rotatable bonds is 25. The average Bonchev–Trinajstić information content (AvgIpc) is 3.86. The number of nitrogens with zero attached hydrogens (tertiary/aromatic N) is 6. The molecular weight excluding hydrogens is 932 g/mol. The van der Waals surface area contributed by atoms with Crippen molar-refractivity contribution in [3.63, 3.8) is 0 Å². The number of nitrogens with one attached hydrogen (secondary N) is 5. The van der Waals surface area contributed by atoms with Gasteiger partial charge in [-0.05, 0) is 76.4 Å². The summed E-state index contributed by atoms with van der Waals surface area (Å²) in [7, 11) is 3.70. The lowest BCUT2D eigenvalue weighted by Gasteiger charge is -2.44. The lowest BCUT2D eigenvalue weighted by molar-refractivity contribution is -0.137. The first kappa shape index (κ1) is 54.3. The number of hydrogen-bond donors (Lipinski definition) is 5. The molecule has 20 nitrogen and oxygen atoms in total. The van der Waals surface area contributed by atoms with E-state index in [0.29, 0.717) is 31.3 Å². The van der Waals surface area contributed by atoms with Crippen LogP contribution in [0.25, 0.3) is 10.9 Å². The van der Waals surface area contributed by atoms with E-state index in [0.717, 1.165) is 24.1 Å². The van der Waals surface area contributed by atoms with Crippen LogP contribution in [0.1, 0.15) is 76.0 Å². The van der Waals surface area contributed by atoms with Gasteiger partial charge in [0.15, 0.2) is 0 Å². The summed E-state index contributed by atoms with van der Waals surface area (Å²) in [5.41, 5.74) is 0.238. The quantitative estimate of drug-likeness (QED) is 0.0766. The van der Waals surface area contributed by atoms with Crippen molar-refractivity contribution in [3.05, 3.63) is 60.2 Å². The van der Waals surface area contributed by atoms with Crippen molar-refractivity contribution in [1.82, 2.24) is 50.9 Å². The number of likely N-dealkylation sites (tertiary alicyclic amines) is 2. The van der Waals surface area contributed by atoms with E-state index in [-0.39, 0.29) is 149 Å². The van der Waals surface area contributed by atoms with Gasteiger partial charge in [0.2, 0.25) is 35.4 Å². The van der Waals surface area contributed by atoms with Crippen molar-refractivity contribution in [2.75, 3.05) is 85.2 Å². The zero-order valence-corrected chi connectivity index (χ0v) is 40.7. The van der Waals surface area contributed by atoms with Gasteiger partial charge in [-0.15, -0.1) is 0 Å². The molecule has 1 aliphatic carbocycles. The molecule has 2 aliphatic heterocycles. The number of ether oxygens (including phenoxy) is 3. The first-order valence-electron chi connectivity index (χ1n) is 24.1. The van der Waals surface area contributed by atoms with Crippen molar-refractivity contribution >= 4 is 52.2 Å². The third kappa shape index (κ3) is 15.2. The van der Waals surface area contributed by atoms with E-state index in [1.807, 2.05) is 13.1 Å². The fourth-order valence-electron chi connectivity index (χ4n) is 9.27. The molecule has 3 aromatic rings. The van der Waals surface area contributed by atoms with E-state index in [1.54, 1.807) is 35.3 Å². The number of anilines is 1. The molecule has 0 spiro atoms. The van der Waals surface area contributed by atoms with Crippen LogP contribution in [0.2, 0.25) is 0 Å². The zero-order chi connectivity index (χ0) is 51.1. The third-order valence-corrected chi connectivity index (χ3v) is 13.3. The third-order valence-electron chi connectivity index (χ3n) is 13.3. The fourth-order valence-corrected chi connectivity index (χ4v) is 9.27. The molecule has 1 saturated carbocycles. The van der Waals surface area contributed by atoms with Gasteiger partial charge in [0.1, 0.15) is 24.8 Å². The lowest BCUT2D eigenvalue weighted by atomic mass is 9.84. The molecule has 388 valence electrons. The van der Waals surface area contributed by atoms with Crippen molar-refractivity contribution in [1.29, 1.82) is 0 Å². The average molecular weight is 998 g/mol. The Kier molecular flexibility index (Phi) is 19.8. The lowest BCUT2D eigenvalue weighted by Crippen LogP contribution is -2.59. The van der Waals surface area contributed by atoms with Crippen molar-refractivity contribution in [2.24, 2.45) is 5.92 Å². The largest absolute Gasteiger partial charge is 0.416 e. The highest BCUT2D eigenvalue weighted by molar-refractivity contribution is 5.94. The second-order valence-electron chi connectivity index (χ2n) is 18.3. The normalized spacial score (nSPS) is 21.5. The summed E-state index contributed by atoms with van der Waals surface area (Å²) in [6, 6.07) is 5.34. The summed E-state index contributed by atoms with van der Waals surface area (Å²) in [5.74, 6) is -1.99. The molecule has 6 amide bonds. The second kappa shape index (κ2) is 25.9. The maximum absolute atomic E-state index is 13.9. The molecule has 2 aromatic heterocycles. The van der Waals surface area contributed by atoms with Crippen LogP contribution in [-0.2, 0) is 49.2 Å². The number of carbonyl (C=O) groups excluding carboxylic acids is 6. The van der Waals surface area contributed by atoms with Gasteiger partial charge in [0.05, 0.1) is 68.2 Å². The predicted octanol–water partition coefficient (Wildman–Crippen LogP) is 2.20. The number of hydrogen-bond acceptors (Lipinski definition) is 14. The van der Waals surface area contributed by atoms with Crippen molar-refractivity contribution < 1.29 is 56.1 Å². The van der Waals surface area contributed by atoms with E-state index < -0.39 is 29.7 Å². The molecule has 5 N–H and O–H groups in total. The van der Waals surface area contributed by atoms with Crippen LogP contribution >= 0.6 is 0 Å². The number of halogens is 3. The minimum absolute atomic E-state index is 0.0622. The van der Waals surface area contributed by atoms with Crippen LogP contribution in [0.15, 0.2) is 49.1 Å². The Hall–Kier alpha value is -6.04. The van der Waals surface area contributed by atoms with Crippen LogP contribution in [0.3, 0.4) is 0 Å². The predicted molar refractivity (Wildman–Crippen MR) is 253 cm³/mol. The summed E-state index contributed by atoms with van der Waals surface area (Å²) in [5, 5.41) is 14.6. The molecule has 6 atom stereocenters. The number of pyridine rings is 1. The van der Waals surface area contributed by atoms with Crippen LogP contribution in [0, 0.1) is 5.92 Å². The van der Waals surface area contributed by atoms with Gasteiger partial charge in [-0.3, -0.25) is 33.8 Å². The molecule has 2 saturated heterocycles. The van der Waals surface area contributed by atoms with E-state index >= 15 is 0 Å². The van der Waals surface area contributed by atoms with Crippen LogP contribution in [0.4, 0.5) is 19.0 Å². The monoisotopic (exact) mass is 997 g/mol. The van der Waals surface area contributed by atoms with E-state index in [2.05, 4.69) is 60.3 Å². The van der Waals surface area contributed by atoms with Gasteiger partial charge >= 0.3 is 6.18 Å². The van der Waals surface area contributed by atoms with Crippen molar-refractivity contribution in [2.45, 2.75) is 101 Å². The summed E-state index contributed by atoms with van der Waals surface area (Å²) in [6.45, 7) is 5.82. The first-order chi connectivity index (χ1) is 34.0. The standard InChI is InChI=1S/C48H66F3N11O9/c1-30(2)60(3)33-8-10-39(62-18-12-37(47(62)68)59-45-34-24-32(48(49,50)51)7-9-36(34)56-29-57-45)38(25-33)58-42(65)28-71-21-17-54-41(64)13-19-69-22-23-70-20-16-53-40(63)11-15-55-46(67)35-26-43(66)61(4)44(35)31-6-5-14-52-27-31/h5-7,9,14,24,27,29-30,33,35,37-39,44H,8,10-13,15-23,25-26,28H2,1-4H3,(H,53,63)(H,54,64)(H,55,67)(H,58,65)(H,56,57,59)/t33-,35+,37+,38-,39+,44-/m1/s1. The maximum Gasteiger partial charge on any atom is 0.416 e. The number of aromatic nitrogens is 3. The molecule has 6 rings (SSSR count). The summed E-state index contributed by atoms with van der Waals surface area (Å²) < 4.78 is 57.2. The number of alkyl halides is 3. The van der Waals surface area contributed by atoms with E-state index in [9.17, 15) is 41.9 Å². The van der Waals surface area contributed by atoms with E-state index in [4.69, 9.17) is 14.2 Å². The molecule has 0 unspecified atom stereocenters. The van der Waals surface area contributed by atoms with Crippen LogP contribution in [-0.4, -0.2) is 175 Å². The summed E-state index contributed by atoms with van der Waals surface area (Å²) in [6.07, 6.45) is 2.60. The van der Waals surface area contributed by atoms with Gasteiger partial charge in [-0.2, -0.15) is 13.2 Å². The number of carbonyl (C=O) groups is 6. The SMILES string of the molecule is CC(C)N(C)[C@@H]1CC[C@H](N2CC[C@H](Nc3ncnc4ccc(C(F)(F)F)cc34)C2=O)[C@H](NC(=O)COCCNC(=O)CCOCCOCCNC(=O)CCNC(=O)[C@H]2CC(=O)N(C)[C@@H]2c2cccnc2)C1. The molecule has 4 heterocycles. The van der Waals surface area contributed by atoms with Crippen LogP contribution < -0.4 is 26.6 Å². The maximum atomic E-state index is 13.9. The number of fused-ring (bicyclic) bond motifs is 1. The van der Waals surface area contributed by atoms with Gasteiger partial charge < -0.3 is 55.5 Å². The minimum Gasteiger partial charge on any atom is -0.379 e. The molecule has 23 heteroatoms. The molecular formula is C48H66F3N11O9. The second-order valence-corrected chi connectivity index (χ2v) is 18.3. The smallest absolute Gasteiger partial charge is 0.379 e. The Morgan fingerprint density at radius 3 is 2.32 bits per heavy atom. The molecule has 0 bridgehead atoms. The number of benzene rings is 1. The van der Waals surface area contributed by atoms with Gasteiger partial charge in [0.25, 0.3) is 0 Å². The van der Waals surface area contributed by atoms with Gasteiger partial charge in [0, 0.05) is 82.4 Å². The Morgan fingerprint density at radius 1 is 0.873 bits per heavy atom. The minimum atomic E-state index is -4.56. The van der Waals surface area contributed by atoms with E-state index in [1.165, 1.54) is 12.4 Å².